The first kappa shape index (κ1) is 14.8. The second-order valence-electron chi connectivity index (χ2n) is 5.49. The van der Waals surface area contributed by atoms with Crippen LogP contribution in [0.2, 0.25) is 5.02 Å². The number of halogens is 1. The molecule has 2 heterocycles. The van der Waals surface area contributed by atoms with Crippen LogP contribution < -0.4 is 5.32 Å². The summed E-state index contributed by atoms with van der Waals surface area (Å²) in [6, 6.07) is 7.12. The Balaban J connectivity index is 1.63. The summed E-state index contributed by atoms with van der Waals surface area (Å²) in [7, 11) is 0. The van der Waals surface area contributed by atoms with Crippen LogP contribution in [-0.4, -0.2) is 53.8 Å². The highest BCUT2D eigenvalue weighted by Gasteiger charge is 2.34. The summed E-state index contributed by atoms with van der Waals surface area (Å²) in [6.45, 7) is 0.943. The summed E-state index contributed by atoms with van der Waals surface area (Å²) in [5, 5.41) is 3.11. The summed E-state index contributed by atoms with van der Waals surface area (Å²) < 4.78 is 0. The molecule has 2 aliphatic heterocycles. The van der Waals surface area contributed by atoms with Crippen molar-refractivity contribution in [2.24, 2.45) is 0 Å². The predicted molar refractivity (Wildman–Crippen MR) is 80.5 cm³/mol. The zero-order valence-corrected chi connectivity index (χ0v) is 12.7. The summed E-state index contributed by atoms with van der Waals surface area (Å²) in [6.07, 6.45) is 0.829. The Hall–Kier alpha value is -2.08. The smallest absolute Gasteiger partial charge is 0.325 e. The molecule has 1 aromatic rings. The molecule has 0 spiro atoms. The Kier molecular flexibility index (Phi) is 4.02. The van der Waals surface area contributed by atoms with Crippen LogP contribution in [0.3, 0.4) is 0 Å². The third kappa shape index (κ3) is 2.78. The Morgan fingerprint density at radius 3 is 2.77 bits per heavy atom. The number of rotatable bonds is 3. The zero-order chi connectivity index (χ0) is 15.7. The van der Waals surface area contributed by atoms with Gasteiger partial charge in [-0.25, -0.2) is 4.79 Å². The number of imide groups is 1. The molecule has 1 atom stereocenters. The molecule has 7 heteroatoms. The monoisotopic (exact) mass is 321 g/mol. The van der Waals surface area contributed by atoms with E-state index in [0.29, 0.717) is 18.1 Å². The number of hydrogen-bond donors (Lipinski definition) is 1. The molecule has 3 rings (SSSR count). The van der Waals surface area contributed by atoms with Crippen LogP contribution in [0.15, 0.2) is 24.3 Å². The summed E-state index contributed by atoms with van der Waals surface area (Å²) in [5.41, 5.74) is 1.04. The van der Waals surface area contributed by atoms with Crippen LogP contribution in [-0.2, 0) is 9.59 Å². The van der Waals surface area contributed by atoms with Gasteiger partial charge in [-0.3, -0.25) is 14.5 Å². The fraction of sp³-hybridized carbons (Fsp3) is 0.400. The molecule has 2 saturated heterocycles. The van der Waals surface area contributed by atoms with Gasteiger partial charge >= 0.3 is 6.03 Å². The maximum Gasteiger partial charge on any atom is 0.325 e. The van der Waals surface area contributed by atoms with Gasteiger partial charge in [0.05, 0.1) is 6.54 Å². The molecule has 1 N–H and O–H groups in total. The molecule has 0 aliphatic carbocycles. The number of carbonyl (C=O) groups is 3. The van der Waals surface area contributed by atoms with E-state index in [9.17, 15) is 14.4 Å². The minimum Gasteiger partial charge on any atom is -0.341 e. The molecule has 0 bridgehead atoms. The molecular formula is C15H16ClN3O3. The number of urea groups is 1. The van der Waals surface area contributed by atoms with Gasteiger partial charge in [-0.05, 0) is 18.1 Å². The second-order valence-corrected chi connectivity index (χ2v) is 5.89. The van der Waals surface area contributed by atoms with E-state index in [2.05, 4.69) is 5.32 Å². The van der Waals surface area contributed by atoms with Gasteiger partial charge in [-0.1, -0.05) is 29.8 Å². The lowest BCUT2D eigenvalue weighted by Gasteiger charge is -2.20. The molecule has 0 unspecified atom stereocenters. The third-order valence-corrected chi connectivity index (χ3v) is 4.46. The third-order valence-electron chi connectivity index (χ3n) is 4.12. The fourth-order valence-corrected chi connectivity index (χ4v) is 3.19. The molecule has 1 aromatic carbocycles. The van der Waals surface area contributed by atoms with Gasteiger partial charge in [-0.2, -0.15) is 0 Å². The molecule has 22 heavy (non-hydrogen) atoms. The first-order valence-electron chi connectivity index (χ1n) is 7.16. The first-order valence-corrected chi connectivity index (χ1v) is 7.54. The second kappa shape index (κ2) is 5.96. The lowest BCUT2D eigenvalue weighted by molar-refractivity contribution is -0.135. The predicted octanol–water partition coefficient (Wildman–Crippen LogP) is 1.21. The van der Waals surface area contributed by atoms with E-state index in [4.69, 9.17) is 11.6 Å². The van der Waals surface area contributed by atoms with Crippen molar-refractivity contribution >= 4 is 29.4 Å². The van der Waals surface area contributed by atoms with Gasteiger partial charge < -0.3 is 10.2 Å². The van der Waals surface area contributed by atoms with Gasteiger partial charge in [0.25, 0.3) is 5.91 Å². The fourth-order valence-electron chi connectivity index (χ4n) is 2.90. The molecule has 0 radical (unpaired) electrons. The largest absolute Gasteiger partial charge is 0.341 e. The minimum absolute atomic E-state index is 0.0334. The average molecular weight is 322 g/mol. The van der Waals surface area contributed by atoms with Gasteiger partial charge in [-0.15, -0.1) is 0 Å². The standard InChI is InChI=1S/C15H16ClN3O3/c16-12-4-2-1-3-11(12)10-5-6-18(8-10)14(21)9-19-13(20)7-17-15(19)22/h1-4,10H,5-9H2,(H,17,22)/t10-/m0/s1. The quantitative estimate of drug-likeness (QED) is 0.851. The van der Waals surface area contributed by atoms with E-state index in [0.717, 1.165) is 16.9 Å². The van der Waals surface area contributed by atoms with E-state index >= 15 is 0 Å². The summed E-state index contributed by atoms with van der Waals surface area (Å²) in [4.78, 5) is 37.9. The Bertz CT molecular complexity index is 618. The minimum atomic E-state index is -0.500. The van der Waals surface area contributed by atoms with Crippen molar-refractivity contribution in [2.45, 2.75) is 12.3 Å². The zero-order valence-electron chi connectivity index (χ0n) is 11.9. The number of benzene rings is 1. The first-order chi connectivity index (χ1) is 10.6. The van der Waals surface area contributed by atoms with Crippen LogP contribution in [0, 0.1) is 0 Å². The van der Waals surface area contributed by atoms with E-state index in [-0.39, 0.29) is 30.8 Å². The van der Waals surface area contributed by atoms with Crippen LogP contribution in [0.25, 0.3) is 0 Å². The highest BCUT2D eigenvalue weighted by Crippen LogP contribution is 2.31. The van der Waals surface area contributed by atoms with E-state index in [1.165, 1.54) is 0 Å². The van der Waals surface area contributed by atoms with Crippen molar-refractivity contribution < 1.29 is 14.4 Å². The normalized spacial score (nSPS) is 21.4. The number of hydrogen-bond acceptors (Lipinski definition) is 3. The van der Waals surface area contributed by atoms with Crippen LogP contribution >= 0.6 is 11.6 Å². The number of nitrogens with zero attached hydrogens (tertiary/aromatic N) is 2. The molecule has 0 saturated carbocycles. The maximum atomic E-state index is 12.3. The van der Waals surface area contributed by atoms with Gasteiger partial charge in [0.2, 0.25) is 5.91 Å². The summed E-state index contributed by atoms with van der Waals surface area (Å²) >= 11 is 6.20. The van der Waals surface area contributed by atoms with Crippen molar-refractivity contribution in [3.05, 3.63) is 34.9 Å². The van der Waals surface area contributed by atoms with Crippen molar-refractivity contribution in [3.8, 4) is 0 Å². The SMILES string of the molecule is O=C(CN1C(=O)CNC1=O)N1CC[C@H](c2ccccc2Cl)C1. The number of carbonyl (C=O) groups excluding carboxylic acids is 3. The molecule has 6 nitrogen and oxygen atoms in total. The van der Waals surface area contributed by atoms with Crippen LogP contribution in [0.1, 0.15) is 17.9 Å². The van der Waals surface area contributed by atoms with E-state index in [1.54, 1.807) is 4.90 Å². The molecule has 4 amide bonds. The molecule has 116 valence electrons. The van der Waals surface area contributed by atoms with E-state index in [1.807, 2.05) is 24.3 Å². The van der Waals surface area contributed by atoms with Crippen LogP contribution in [0.4, 0.5) is 4.79 Å². The lowest BCUT2D eigenvalue weighted by Crippen LogP contribution is -2.42. The average Bonchev–Trinajstić information content (AvgIpc) is 3.10. The summed E-state index contributed by atoms with van der Waals surface area (Å²) in [5.74, 6) is -0.374. The lowest BCUT2D eigenvalue weighted by atomic mass is 9.98. The number of nitrogens with one attached hydrogen (secondary N) is 1. The number of amides is 4. The van der Waals surface area contributed by atoms with Crippen molar-refractivity contribution in [1.29, 1.82) is 0 Å². The van der Waals surface area contributed by atoms with Gasteiger partial charge in [0.1, 0.15) is 6.54 Å². The van der Waals surface area contributed by atoms with Crippen molar-refractivity contribution in [2.75, 3.05) is 26.2 Å². The molecular weight excluding hydrogens is 306 g/mol. The van der Waals surface area contributed by atoms with Gasteiger partial charge in [0.15, 0.2) is 0 Å². The number of likely N-dealkylation sites (tertiary alicyclic amines) is 1. The maximum absolute atomic E-state index is 12.3. The Morgan fingerprint density at radius 1 is 1.32 bits per heavy atom. The van der Waals surface area contributed by atoms with Crippen molar-refractivity contribution in [3.63, 3.8) is 0 Å². The highest BCUT2D eigenvalue weighted by atomic mass is 35.5. The van der Waals surface area contributed by atoms with E-state index < -0.39 is 6.03 Å². The van der Waals surface area contributed by atoms with Crippen LogP contribution in [0.5, 0.6) is 0 Å². The van der Waals surface area contributed by atoms with Crippen molar-refractivity contribution in [1.82, 2.24) is 15.1 Å². The highest BCUT2D eigenvalue weighted by molar-refractivity contribution is 6.31. The molecule has 0 aromatic heterocycles. The topological polar surface area (TPSA) is 69.7 Å². The Labute approximate surface area is 133 Å². The van der Waals surface area contributed by atoms with Gasteiger partial charge in [0, 0.05) is 24.0 Å². The Morgan fingerprint density at radius 2 is 2.09 bits per heavy atom. The molecule has 2 fully saturated rings. The molecule has 2 aliphatic rings.